The molecule has 0 aliphatic rings. The maximum Gasteiger partial charge on any atom is 0.416 e. The van der Waals surface area contributed by atoms with Crippen LogP contribution in [0.1, 0.15) is 27.9 Å². The average Bonchev–Trinajstić information content (AvgIpc) is 2.84. The zero-order valence-electron chi connectivity index (χ0n) is 11.2. The molecule has 0 aliphatic heterocycles. The van der Waals surface area contributed by atoms with Crippen molar-refractivity contribution < 1.29 is 13.2 Å². The van der Waals surface area contributed by atoms with Gasteiger partial charge in [-0.15, -0.1) is 11.3 Å². The third-order valence-electron chi connectivity index (χ3n) is 2.92. The highest BCUT2D eigenvalue weighted by Crippen LogP contribution is 2.32. The summed E-state index contributed by atoms with van der Waals surface area (Å²) in [7, 11) is 0. The molecule has 0 saturated carbocycles. The van der Waals surface area contributed by atoms with Crippen LogP contribution in [0.25, 0.3) is 0 Å². The maximum atomic E-state index is 12.7. The van der Waals surface area contributed by atoms with Crippen LogP contribution >= 0.6 is 11.3 Å². The van der Waals surface area contributed by atoms with E-state index >= 15 is 0 Å². The van der Waals surface area contributed by atoms with Crippen LogP contribution in [0.2, 0.25) is 0 Å². The van der Waals surface area contributed by atoms with Crippen LogP contribution in [-0.2, 0) is 19.1 Å². The molecule has 0 saturated heterocycles. The van der Waals surface area contributed by atoms with Crippen molar-refractivity contribution >= 4 is 17.0 Å². The third kappa shape index (κ3) is 3.50. The second-order valence-electron chi connectivity index (χ2n) is 4.45. The van der Waals surface area contributed by atoms with Crippen molar-refractivity contribution in [2.75, 3.05) is 5.32 Å². The molecule has 0 radical (unpaired) electrons. The summed E-state index contributed by atoms with van der Waals surface area (Å²) in [5.74, 6) is 0. The van der Waals surface area contributed by atoms with Crippen molar-refractivity contribution in [3.05, 3.63) is 45.4 Å². The fourth-order valence-electron chi connectivity index (χ4n) is 1.76. The molecule has 2 rings (SSSR count). The number of anilines is 1. The van der Waals surface area contributed by atoms with Crippen LogP contribution in [0.4, 0.5) is 18.9 Å². The van der Waals surface area contributed by atoms with Gasteiger partial charge in [0.15, 0.2) is 0 Å². The van der Waals surface area contributed by atoms with E-state index in [9.17, 15) is 13.2 Å². The SMILES string of the molecule is CCc1ncc(CNc2cc(C(F)(F)F)ccc2C)s1. The minimum absolute atomic E-state index is 0.486. The highest BCUT2D eigenvalue weighted by Gasteiger charge is 2.30. The Morgan fingerprint density at radius 1 is 1.30 bits per heavy atom. The van der Waals surface area contributed by atoms with Gasteiger partial charge < -0.3 is 5.32 Å². The lowest BCUT2D eigenvalue weighted by atomic mass is 10.1. The summed E-state index contributed by atoms with van der Waals surface area (Å²) < 4.78 is 38.0. The quantitative estimate of drug-likeness (QED) is 0.889. The first kappa shape index (κ1) is 14.8. The zero-order valence-corrected chi connectivity index (χ0v) is 12.0. The van der Waals surface area contributed by atoms with E-state index in [1.807, 2.05) is 6.92 Å². The normalized spacial score (nSPS) is 11.7. The molecule has 1 aromatic heterocycles. The number of rotatable bonds is 4. The molecule has 2 aromatic rings. The van der Waals surface area contributed by atoms with E-state index in [2.05, 4.69) is 10.3 Å². The largest absolute Gasteiger partial charge is 0.416 e. The van der Waals surface area contributed by atoms with Crippen molar-refractivity contribution in [1.82, 2.24) is 4.98 Å². The fourth-order valence-corrected chi connectivity index (χ4v) is 2.57. The Hall–Kier alpha value is -1.56. The molecule has 20 heavy (non-hydrogen) atoms. The molecule has 0 spiro atoms. The van der Waals surface area contributed by atoms with Crippen LogP contribution in [0, 0.1) is 6.92 Å². The van der Waals surface area contributed by atoms with Crippen molar-refractivity contribution in [3.63, 3.8) is 0 Å². The third-order valence-corrected chi connectivity index (χ3v) is 4.06. The second-order valence-corrected chi connectivity index (χ2v) is 5.65. The van der Waals surface area contributed by atoms with E-state index in [4.69, 9.17) is 0 Å². The summed E-state index contributed by atoms with van der Waals surface area (Å²) in [6.07, 6.45) is -1.68. The number of nitrogens with one attached hydrogen (secondary N) is 1. The van der Waals surface area contributed by atoms with Gasteiger partial charge in [-0.3, -0.25) is 0 Å². The lowest BCUT2D eigenvalue weighted by molar-refractivity contribution is -0.137. The van der Waals surface area contributed by atoms with Gasteiger partial charge in [0.1, 0.15) is 0 Å². The van der Waals surface area contributed by atoms with Gasteiger partial charge in [-0.25, -0.2) is 4.98 Å². The van der Waals surface area contributed by atoms with E-state index in [-0.39, 0.29) is 0 Å². The minimum atomic E-state index is -4.32. The number of aromatic nitrogens is 1. The summed E-state index contributed by atoms with van der Waals surface area (Å²) in [4.78, 5) is 5.24. The topological polar surface area (TPSA) is 24.9 Å². The van der Waals surface area contributed by atoms with Crippen molar-refractivity contribution in [2.45, 2.75) is 33.0 Å². The number of halogens is 3. The first-order valence-corrected chi connectivity index (χ1v) is 7.07. The molecule has 0 bridgehead atoms. The Kier molecular flexibility index (Phi) is 4.32. The standard InChI is InChI=1S/C14H15F3N2S/c1-3-13-19-8-11(20-13)7-18-12-6-10(14(15,16)17)5-4-9(12)2/h4-6,8,18H,3,7H2,1-2H3. The smallest absolute Gasteiger partial charge is 0.380 e. The molecule has 1 N–H and O–H groups in total. The Morgan fingerprint density at radius 2 is 2.05 bits per heavy atom. The molecule has 0 atom stereocenters. The van der Waals surface area contributed by atoms with Crippen LogP contribution in [-0.4, -0.2) is 4.98 Å². The highest BCUT2D eigenvalue weighted by atomic mass is 32.1. The Bertz CT molecular complexity index is 590. The van der Waals surface area contributed by atoms with Crippen molar-refractivity contribution in [1.29, 1.82) is 0 Å². The fraction of sp³-hybridized carbons (Fsp3) is 0.357. The van der Waals surface area contributed by atoms with Gasteiger partial charge >= 0.3 is 6.18 Å². The molecule has 108 valence electrons. The number of hydrogen-bond donors (Lipinski definition) is 1. The highest BCUT2D eigenvalue weighted by molar-refractivity contribution is 7.11. The first-order valence-electron chi connectivity index (χ1n) is 6.25. The van der Waals surface area contributed by atoms with Crippen LogP contribution in [0.3, 0.4) is 0 Å². The van der Waals surface area contributed by atoms with Crippen molar-refractivity contribution in [3.8, 4) is 0 Å². The molecule has 0 unspecified atom stereocenters. The summed E-state index contributed by atoms with van der Waals surface area (Å²) in [6, 6.07) is 3.73. The Balaban J connectivity index is 2.12. The average molecular weight is 300 g/mol. The van der Waals surface area contributed by atoms with Crippen molar-refractivity contribution in [2.24, 2.45) is 0 Å². The Morgan fingerprint density at radius 3 is 2.65 bits per heavy atom. The summed E-state index contributed by atoms with van der Waals surface area (Å²) in [5.41, 5.74) is 0.661. The zero-order chi connectivity index (χ0) is 14.8. The van der Waals surface area contributed by atoms with E-state index < -0.39 is 11.7 Å². The van der Waals surface area contributed by atoms with Gasteiger partial charge in [0.25, 0.3) is 0 Å². The second kappa shape index (κ2) is 5.83. The van der Waals surface area contributed by atoms with Gasteiger partial charge in [-0.05, 0) is 31.0 Å². The molecule has 2 nitrogen and oxygen atoms in total. The monoisotopic (exact) mass is 300 g/mol. The van der Waals surface area contributed by atoms with Gasteiger partial charge in [-0.2, -0.15) is 13.2 Å². The lowest BCUT2D eigenvalue weighted by Crippen LogP contribution is -2.07. The summed E-state index contributed by atoms with van der Waals surface area (Å²) in [5, 5.41) is 4.08. The summed E-state index contributed by atoms with van der Waals surface area (Å²) in [6.45, 7) is 4.29. The number of nitrogens with zero attached hydrogens (tertiary/aromatic N) is 1. The predicted molar refractivity (Wildman–Crippen MR) is 75.0 cm³/mol. The number of aryl methyl sites for hydroxylation is 2. The van der Waals surface area contributed by atoms with Crippen LogP contribution in [0.15, 0.2) is 24.4 Å². The van der Waals surface area contributed by atoms with E-state index in [0.717, 1.165) is 34.0 Å². The predicted octanol–water partition coefficient (Wildman–Crippen LogP) is 4.64. The van der Waals surface area contributed by atoms with Gasteiger partial charge in [0.2, 0.25) is 0 Å². The number of thiazole rings is 1. The van der Waals surface area contributed by atoms with Gasteiger partial charge in [-0.1, -0.05) is 13.0 Å². The number of hydrogen-bond acceptors (Lipinski definition) is 3. The molecular weight excluding hydrogens is 285 g/mol. The molecule has 0 aliphatic carbocycles. The van der Waals surface area contributed by atoms with E-state index in [1.54, 1.807) is 24.5 Å². The molecule has 0 amide bonds. The summed E-state index contributed by atoms with van der Waals surface area (Å²) >= 11 is 1.57. The lowest BCUT2D eigenvalue weighted by Gasteiger charge is -2.12. The van der Waals surface area contributed by atoms with Crippen LogP contribution < -0.4 is 5.32 Å². The maximum absolute atomic E-state index is 12.7. The minimum Gasteiger partial charge on any atom is -0.380 e. The number of alkyl halides is 3. The van der Waals surface area contributed by atoms with Gasteiger partial charge in [0, 0.05) is 16.8 Å². The first-order chi connectivity index (χ1) is 9.40. The van der Waals surface area contributed by atoms with E-state index in [0.29, 0.717) is 12.2 Å². The van der Waals surface area contributed by atoms with Crippen LogP contribution in [0.5, 0.6) is 0 Å². The number of benzene rings is 1. The molecular formula is C14H15F3N2S. The molecule has 6 heteroatoms. The molecule has 0 fully saturated rings. The molecule has 1 heterocycles. The van der Waals surface area contributed by atoms with E-state index in [1.165, 1.54) is 6.07 Å². The van der Waals surface area contributed by atoms with Gasteiger partial charge in [0.05, 0.1) is 17.1 Å². The Labute approximate surface area is 119 Å². The molecule has 1 aromatic carbocycles.